The Morgan fingerprint density at radius 2 is 1.94 bits per heavy atom. The van der Waals surface area contributed by atoms with Gasteiger partial charge in [-0.2, -0.15) is 0 Å². The van der Waals surface area contributed by atoms with Crippen LogP contribution in [0.2, 0.25) is 0 Å². The van der Waals surface area contributed by atoms with Crippen molar-refractivity contribution in [1.29, 1.82) is 0 Å². The lowest BCUT2D eigenvalue weighted by Gasteiger charge is -2.43. The molecule has 2 aromatic heterocycles. The van der Waals surface area contributed by atoms with Gasteiger partial charge in [-0.05, 0) is 50.6 Å². The standard InChI is InChI=1S/C24H25F2N5O3/c1-14-8-15(6-7-28-14)23(2,3)29-21(32)11-24(12-27-13-24)30-22(33)19-10-20(34-31-19)17-5-4-16(25)9-18(17)26/h4-10,27H,11-13H2,1-3H3,(H,29,32)(H,30,33). The zero-order valence-electron chi connectivity index (χ0n) is 19.0. The number of hydrogen-bond donors (Lipinski definition) is 3. The zero-order chi connectivity index (χ0) is 24.5. The fourth-order valence-corrected chi connectivity index (χ4v) is 3.89. The molecule has 2 amide bonds. The van der Waals surface area contributed by atoms with E-state index in [-0.39, 0.29) is 29.3 Å². The van der Waals surface area contributed by atoms with Crippen molar-refractivity contribution in [2.24, 2.45) is 0 Å². The number of carbonyl (C=O) groups is 2. The average Bonchev–Trinajstić information content (AvgIpc) is 3.22. The first-order chi connectivity index (χ1) is 16.1. The van der Waals surface area contributed by atoms with Crippen molar-refractivity contribution >= 4 is 11.8 Å². The summed E-state index contributed by atoms with van der Waals surface area (Å²) in [6.07, 6.45) is 1.75. The molecule has 34 heavy (non-hydrogen) atoms. The van der Waals surface area contributed by atoms with E-state index in [0.717, 1.165) is 23.4 Å². The Labute approximate surface area is 195 Å². The number of amides is 2. The van der Waals surface area contributed by atoms with Crippen LogP contribution in [0.15, 0.2) is 47.1 Å². The Bertz CT molecular complexity index is 1240. The summed E-state index contributed by atoms with van der Waals surface area (Å²) in [5, 5.41) is 12.7. The van der Waals surface area contributed by atoms with Crippen LogP contribution in [0.5, 0.6) is 0 Å². The van der Waals surface area contributed by atoms with Gasteiger partial charge in [0.15, 0.2) is 11.5 Å². The lowest BCUT2D eigenvalue weighted by Crippen LogP contribution is -2.70. The summed E-state index contributed by atoms with van der Waals surface area (Å²) < 4.78 is 32.3. The van der Waals surface area contributed by atoms with E-state index in [2.05, 4.69) is 26.1 Å². The fourth-order valence-electron chi connectivity index (χ4n) is 3.89. The first-order valence-corrected chi connectivity index (χ1v) is 10.8. The number of nitrogens with one attached hydrogen (secondary N) is 3. The Balaban J connectivity index is 1.43. The molecule has 0 unspecified atom stereocenters. The quantitative estimate of drug-likeness (QED) is 0.491. The van der Waals surface area contributed by atoms with Crippen LogP contribution in [0.4, 0.5) is 8.78 Å². The highest BCUT2D eigenvalue weighted by molar-refractivity contribution is 5.94. The van der Waals surface area contributed by atoms with Crippen LogP contribution in [0.25, 0.3) is 11.3 Å². The molecule has 3 N–H and O–H groups in total. The lowest BCUT2D eigenvalue weighted by molar-refractivity contribution is -0.124. The molecular formula is C24H25F2N5O3. The molecule has 3 heterocycles. The molecule has 1 aromatic carbocycles. The normalized spacial score (nSPS) is 14.9. The van der Waals surface area contributed by atoms with Gasteiger partial charge in [0.2, 0.25) is 5.91 Å². The molecule has 0 radical (unpaired) electrons. The highest BCUT2D eigenvalue weighted by Gasteiger charge is 2.42. The highest BCUT2D eigenvalue weighted by Crippen LogP contribution is 2.26. The summed E-state index contributed by atoms with van der Waals surface area (Å²) in [7, 11) is 0. The lowest BCUT2D eigenvalue weighted by atomic mass is 9.86. The Kier molecular flexibility index (Phi) is 6.18. The maximum atomic E-state index is 14.0. The molecular weight excluding hydrogens is 444 g/mol. The number of nitrogens with zero attached hydrogens (tertiary/aromatic N) is 2. The van der Waals surface area contributed by atoms with Gasteiger partial charge in [0.05, 0.1) is 23.1 Å². The molecule has 8 nitrogen and oxygen atoms in total. The topological polar surface area (TPSA) is 109 Å². The van der Waals surface area contributed by atoms with Crippen molar-refractivity contribution in [1.82, 2.24) is 26.1 Å². The van der Waals surface area contributed by atoms with E-state index in [4.69, 9.17) is 4.52 Å². The molecule has 1 aliphatic heterocycles. The minimum Gasteiger partial charge on any atom is -0.355 e. The van der Waals surface area contributed by atoms with Crippen molar-refractivity contribution < 1.29 is 22.9 Å². The summed E-state index contributed by atoms with van der Waals surface area (Å²) >= 11 is 0. The zero-order valence-corrected chi connectivity index (χ0v) is 19.0. The van der Waals surface area contributed by atoms with Gasteiger partial charge in [0.1, 0.15) is 11.6 Å². The van der Waals surface area contributed by atoms with Gasteiger partial charge < -0.3 is 20.5 Å². The van der Waals surface area contributed by atoms with Crippen LogP contribution >= 0.6 is 0 Å². The van der Waals surface area contributed by atoms with E-state index in [1.165, 1.54) is 12.1 Å². The number of pyridine rings is 1. The Hall–Kier alpha value is -3.66. The molecule has 0 atom stereocenters. The third-order valence-corrected chi connectivity index (χ3v) is 5.81. The van der Waals surface area contributed by atoms with E-state index in [1.54, 1.807) is 6.20 Å². The third-order valence-electron chi connectivity index (χ3n) is 5.81. The first-order valence-electron chi connectivity index (χ1n) is 10.8. The van der Waals surface area contributed by atoms with E-state index in [0.29, 0.717) is 13.1 Å². The second kappa shape index (κ2) is 8.94. The number of carbonyl (C=O) groups excluding carboxylic acids is 2. The molecule has 0 saturated carbocycles. The summed E-state index contributed by atoms with van der Waals surface area (Å²) in [6, 6.07) is 8.06. The van der Waals surface area contributed by atoms with Gasteiger partial charge in [0.25, 0.3) is 5.91 Å². The maximum Gasteiger partial charge on any atom is 0.274 e. The van der Waals surface area contributed by atoms with Crippen LogP contribution in [-0.2, 0) is 10.3 Å². The van der Waals surface area contributed by atoms with Crippen molar-refractivity contribution in [3.63, 3.8) is 0 Å². The first kappa shape index (κ1) is 23.5. The van der Waals surface area contributed by atoms with Crippen LogP contribution in [0, 0.1) is 18.6 Å². The average molecular weight is 469 g/mol. The molecule has 1 fully saturated rings. The third kappa shape index (κ3) is 4.96. The molecule has 0 aliphatic carbocycles. The number of rotatable bonds is 7. The number of aryl methyl sites for hydroxylation is 1. The second-order valence-corrected chi connectivity index (χ2v) is 9.07. The number of aromatic nitrogens is 2. The van der Waals surface area contributed by atoms with Gasteiger partial charge in [-0.25, -0.2) is 8.78 Å². The summed E-state index contributed by atoms with van der Waals surface area (Å²) in [6.45, 7) is 6.48. The number of benzene rings is 1. The molecule has 3 aromatic rings. The maximum absolute atomic E-state index is 14.0. The molecule has 4 rings (SSSR count). The summed E-state index contributed by atoms with van der Waals surface area (Å²) in [5.41, 5.74) is 0.249. The molecule has 1 saturated heterocycles. The monoisotopic (exact) mass is 469 g/mol. The van der Waals surface area contributed by atoms with Crippen molar-refractivity contribution in [2.45, 2.75) is 38.3 Å². The van der Waals surface area contributed by atoms with E-state index in [1.807, 2.05) is 32.9 Å². The largest absolute Gasteiger partial charge is 0.355 e. The minimum absolute atomic E-state index is 0.00410. The fraction of sp³-hybridized carbons (Fsp3) is 0.333. The Morgan fingerprint density at radius 3 is 2.59 bits per heavy atom. The van der Waals surface area contributed by atoms with Gasteiger partial charge in [-0.3, -0.25) is 14.6 Å². The van der Waals surface area contributed by atoms with Crippen LogP contribution in [0.1, 0.15) is 42.0 Å². The number of halogens is 2. The van der Waals surface area contributed by atoms with Crippen molar-refractivity contribution in [3.8, 4) is 11.3 Å². The molecule has 1 aliphatic rings. The summed E-state index contributed by atoms with van der Waals surface area (Å²) in [5.74, 6) is -2.34. The van der Waals surface area contributed by atoms with E-state index >= 15 is 0 Å². The Morgan fingerprint density at radius 1 is 1.18 bits per heavy atom. The van der Waals surface area contributed by atoms with E-state index < -0.39 is 28.6 Å². The van der Waals surface area contributed by atoms with Crippen LogP contribution in [0.3, 0.4) is 0 Å². The summed E-state index contributed by atoms with van der Waals surface area (Å²) in [4.78, 5) is 29.9. The van der Waals surface area contributed by atoms with Crippen molar-refractivity contribution in [3.05, 3.63) is 71.2 Å². The molecule has 0 spiro atoms. The van der Waals surface area contributed by atoms with Gasteiger partial charge in [-0.15, -0.1) is 0 Å². The van der Waals surface area contributed by atoms with Crippen molar-refractivity contribution in [2.75, 3.05) is 13.1 Å². The highest BCUT2D eigenvalue weighted by atomic mass is 19.1. The van der Waals surface area contributed by atoms with Crippen LogP contribution in [-0.4, -0.2) is 40.6 Å². The van der Waals surface area contributed by atoms with E-state index in [9.17, 15) is 18.4 Å². The predicted molar refractivity (Wildman–Crippen MR) is 120 cm³/mol. The van der Waals surface area contributed by atoms with Crippen LogP contribution < -0.4 is 16.0 Å². The van der Waals surface area contributed by atoms with Gasteiger partial charge in [-0.1, -0.05) is 5.16 Å². The minimum atomic E-state index is -0.827. The predicted octanol–water partition coefficient (Wildman–Crippen LogP) is 2.84. The van der Waals surface area contributed by atoms with Gasteiger partial charge >= 0.3 is 0 Å². The molecule has 10 heteroatoms. The SMILES string of the molecule is Cc1cc(C(C)(C)NC(=O)CC2(NC(=O)c3cc(-c4ccc(F)cc4F)on3)CNC2)ccn1. The van der Waals surface area contributed by atoms with Gasteiger partial charge in [0, 0.05) is 37.1 Å². The molecule has 178 valence electrons. The smallest absolute Gasteiger partial charge is 0.274 e. The molecule has 0 bridgehead atoms. The number of hydrogen-bond acceptors (Lipinski definition) is 6. The second-order valence-electron chi connectivity index (χ2n) is 9.07.